The zero-order valence-electron chi connectivity index (χ0n) is 14.7. The molecule has 1 aliphatic heterocycles. The molecular weight excluding hydrogens is 335 g/mol. The van der Waals surface area contributed by atoms with E-state index in [4.69, 9.17) is 4.74 Å². The number of rotatable bonds is 4. The second-order valence-electron chi connectivity index (χ2n) is 6.21. The van der Waals surface area contributed by atoms with Crippen molar-refractivity contribution in [3.05, 3.63) is 65.5 Å². The molecule has 136 valence electrons. The number of amides is 2. The van der Waals surface area contributed by atoms with Gasteiger partial charge in [0.1, 0.15) is 11.6 Å². The summed E-state index contributed by atoms with van der Waals surface area (Å²) in [6.45, 7) is 1.84. The SMILES string of the molecule is COc1cccc(CC(=O)N2CCN(C(=O)c3cccc(F)c3)CC2)c1. The molecule has 1 heterocycles. The molecule has 0 unspecified atom stereocenters. The number of ether oxygens (including phenoxy) is 1. The molecule has 0 N–H and O–H groups in total. The first kappa shape index (κ1) is 17.9. The van der Waals surface area contributed by atoms with Crippen LogP contribution in [0.2, 0.25) is 0 Å². The molecule has 0 atom stereocenters. The van der Waals surface area contributed by atoms with Gasteiger partial charge in [0, 0.05) is 31.7 Å². The molecule has 0 saturated carbocycles. The summed E-state index contributed by atoms with van der Waals surface area (Å²) in [5, 5.41) is 0. The minimum Gasteiger partial charge on any atom is -0.497 e. The number of nitrogens with zero attached hydrogens (tertiary/aromatic N) is 2. The lowest BCUT2D eigenvalue weighted by Gasteiger charge is -2.35. The number of hydrogen-bond donors (Lipinski definition) is 0. The van der Waals surface area contributed by atoms with Crippen molar-refractivity contribution >= 4 is 11.8 Å². The average molecular weight is 356 g/mol. The number of hydrogen-bond acceptors (Lipinski definition) is 3. The van der Waals surface area contributed by atoms with Gasteiger partial charge in [-0.25, -0.2) is 4.39 Å². The molecule has 1 fully saturated rings. The van der Waals surface area contributed by atoms with E-state index >= 15 is 0 Å². The van der Waals surface area contributed by atoms with Gasteiger partial charge in [-0.1, -0.05) is 18.2 Å². The van der Waals surface area contributed by atoms with Crippen LogP contribution in [-0.4, -0.2) is 54.9 Å². The van der Waals surface area contributed by atoms with E-state index in [-0.39, 0.29) is 11.8 Å². The Morgan fingerprint density at radius 2 is 1.69 bits per heavy atom. The van der Waals surface area contributed by atoms with Crippen molar-refractivity contribution in [1.82, 2.24) is 9.80 Å². The van der Waals surface area contributed by atoms with Crippen LogP contribution in [0.4, 0.5) is 4.39 Å². The Hall–Kier alpha value is -2.89. The fraction of sp³-hybridized carbons (Fsp3) is 0.300. The molecule has 1 saturated heterocycles. The monoisotopic (exact) mass is 356 g/mol. The summed E-state index contributed by atoms with van der Waals surface area (Å²) in [7, 11) is 1.59. The van der Waals surface area contributed by atoms with E-state index < -0.39 is 5.82 Å². The fourth-order valence-corrected chi connectivity index (χ4v) is 3.03. The maximum Gasteiger partial charge on any atom is 0.254 e. The van der Waals surface area contributed by atoms with Crippen molar-refractivity contribution in [2.45, 2.75) is 6.42 Å². The zero-order valence-corrected chi connectivity index (χ0v) is 14.7. The highest BCUT2D eigenvalue weighted by atomic mass is 19.1. The summed E-state index contributed by atoms with van der Waals surface area (Å²) in [6, 6.07) is 13.1. The molecule has 0 radical (unpaired) electrons. The highest BCUT2D eigenvalue weighted by molar-refractivity contribution is 5.94. The molecular formula is C20H21FN2O3. The largest absolute Gasteiger partial charge is 0.497 e. The summed E-state index contributed by atoms with van der Waals surface area (Å²) in [5.41, 5.74) is 1.23. The summed E-state index contributed by atoms with van der Waals surface area (Å²) in [6.07, 6.45) is 0.301. The predicted molar refractivity (Wildman–Crippen MR) is 95.6 cm³/mol. The molecule has 0 aromatic heterocycles. The molecule has 6 heteroatoms. The predicted octanol–water partition coefficient (Wildman–Crippen LogP) is 2.36. The first-order chi connectivity index (χ1) is 12.6. The van der Waals surface area contributed by atoms with Crippen LogP contribution in [0, 0.1) is 5.82 Å². The first-order valence-electron chi connectivity index (χ1n) is 8.52. The van der Waals surface area contributed by atoms with Crippen molar-refractivity contribution in [2.24, 2.45) is 0 Å². The lowest BCUT2D eigenvalue weighted by Crippen LogP contribution is -2.51. The van der Waals surface area contributed by atoms with Crippen molar-refractivity contribution < 1.29 is 18.7 Å². The molecule has 2 amide bonds. The van der Waals surface area contributed by atoms with Crippen LogP contribution in [-0.2, 0) is 11.2 Å². The number of methoxy groups -OCH3 is 1. The second kappa shape index (κ2) is 7.99. The Labute approximate surface area is 152 Å². The molecule has 2 aromatic rings. The second-order valence-corrected chi connectivity index (χ2v) is 6.21. The minimum absolute atomic E-state index is 0.0242. The van der Waals surface area contributed by atoms with E-state index in [1.54, 1.807) is 23.0 Å². The van der Waals surface area contributed by atoms with E-state index in [0.29, 0.717) is 38.2 Å². The number of carbonyl (C=O) groups excluding carboxylic acids is 2. The van der Waals surface area contributed by atoms with E-state index in [2.05, 4.69) is 0 Å². The standard InChI is InChI=1S/C20H21FN2O3/c1-26-18-7-2-4-15(12-18)13-19(24)22-8-10-23(11-9-22)20(25)16-5-3-6-17(21)14-16/h2-7,12,14H,8-11,13H2,1H3. The van der Waals surface area contributed by atoms with Gasteiger partial charge in [-0.3, -0.25) is 9.59 Å². The van der Waals surface area contributed by atoms with Crippen LogP contribution >= 0.6 is 0 Å². The number of carbonyl (C=O) groups is 2. The van der Waals surface area contributed by atoms with E-state index in [1.165, 1.54) is 18.2 Å². The number of piperazine rings is 1. The number of halogens is 1. The third kappa shape index (κ3) is 4.20. The van der Waals surface area contributed by atoms with Crippen molar-refractivity contribution in [3.8, 4) is 5.75 Å². The van der Waals surface area contributed by atoms with Gasteiger partial charge in [0.2, 0.25) is 5.91 Å². The van der Waals surface area contributed by atoms with Gasteiger partial charge in [0.15, 0.2) is 0 Å². The van der Waals surface area contributed by atoms with E-state index in [9.17, 15) is 14.0 Å². The van der Waals surface area contributed by atoms with Gasteiger partial charge < -0.3 is 14.5 Å². The molecule has 26 heavy (non-hydrogen) atoms. The Balaban J connectivity index is 1.56. The van der Waals surface area contributed by atoms with Crippen LogP contribution in [0.5, 0.6) is 5.75 Å². The van der Waals surface area contributed by atoms with Crippen LogP contribution in [0.3, 0.4) is 0 Å². The lowest BCUT2D eigenvalue weighted by atomic mass is 10.1. The highest BCUT2D eigenvalue weighted by Crippen LogP contribution is 2.15. The van der Waals surface area contributed by atoms with Crippen LogP contribution in [0.25, 0.3) is 0 Å². The average Bonchev–Trinajstić information content (AvgIpc) is 2.67. The molecule has 1 aliphatic rings. The molecule has 3 rings (SSSR count). The zero-order chi connectivity index (χ0) is 18.5. The summed E-state index contributed by atoms with van der Waals surface area (Å²) in [5.74, 6) is 0.115. The Morgan fingerprint density at radius 1 is 1.00 bits per heavy atom. The normalized spacial score (nSPS) is 14.2. The van der Waals surface area contributed by atoms with Gasteiger partial charge in [-0.15, -0.1) is 0 Å². The molecule has 0 aliphatic carbocycles. The summed E-state index contributed by atoms with van der Waals surface area (Å²) in [4.78, 5) is 28.3. The summed E-state index contributed by atoms with van der Waals surface area (Å²) >= 11 is 0. The third-order valence-corrected chi connectivity index (χ3v) is 4.48. The van der Waals surface area contributed by atoms with Crippen LogP contribution in [0.15, 0.2) is 48.5 Å². The molecule has 0 spiro atoms. The van der Waals surface area contributed by atoms with Crippen LogP contribution in [0.1, 0.15) is 15.9 Å². The fourth-order valence-electron chi connectivity index (χ4n) is 3.03. The minimum atomic E-state index is -0.428. The van der Waals surface area contributed by atoms with E-state index in [1.807, 2.05) is 24.3 Å². The number of benzene rings is 2. The highest BCUT2D eigenvalue weighted by Gasteiger charge is 2.25. The summed E-state index contributed by atoms with van der Waals surface area (Å²) < 4.78 is 18.5. The Morgan fingerprint density at radius 3 is 2.38 bits per heavy atom. The Kier molecular flexibility index (Phi) is 5.51. The first-order valence-corrected chi connectivity index (χ1v) is 8.52. The van der Waals surface area contributed by atoms with Gasteiger partial charge >= 0.3 is 0 Å². The lowest BCUT2D eigenvalue weighted by molar-refractivity contribution is -0.131. The van der Waals surface area contributed by atoms with Gasteiger partial charge in [0.25, 0.3) is 5.91 Å². The topological polar surface area (TPSA) is 49.9 Å². The van der Waals surface area contributed by atoms with Crippen molar-refractivity contribution in [3.63, 3.8) is 0 Å². The molecule has 0 bridgehead atoms. The Bertz CT molecular complexity index is 801. The van der Waals surface area contributed by atoms with Gasteiger partial charge in [-0.2, -0.15) is 0 Å². The van der Waals surface area contributed by atoms with Crippen molar-refractivity contribution in [1.29, 1.82) is 0 Å². The maximum atomic E-state index is 13.3. The third-order valence-electron chi connectivity index (χ3n) is 4.48. The van der Waals surface area contributed by atoms with E-state index in [0.717, 1.165) is 11.3 Å². The molecule has 5 nitrogen and oxygen atoms in total. The van der Waals surface area contributed by atoms with Crippen molar-refractivity contribution in [2.75, 3.05) is 33.3 Å². The van der Waals surface area contributed by atoms with Crippen LogP contribution < -0.4 is 4.74 Å². The van der Waals surface area contributed by atoms with Gasteiger partial charge in [-0.05, 0) is 35.9 Å². The quantitative estimate of drug-likeness (QED) is 0.845. The maximum absolute atomic E-state index is 13.3. The smallest absolute Gasteiger partial charge is 0.254 e. The van der Waals surface area contributed by atoms with Gasteiger partial charge in [0.05, 0.1) is 13.5 Å². The molecule has 2 aromatic carbocycles.